The number of carbonyl (C=O) groups is 1. The minimum absolute atomic E-state index is 0.0888. The number of aromatic nitrogens is 1. The molecule has 4 nitrogen and oxygen atoms in total. The highest BCUT2D eigenvalue weighted by atomic mass is 16.1. The summed E-state index contributed by atoms with van der Waals surface area (Å²) in [6, 6.07) is 4.37. The van der Waals surface area contributed by atoms with Crippen LogP contribution in [0.2, 0.25) is 0 Å². The van der Waals surface area contributed by atoms with Crippen molar-refractivity contribution in [3.05, 3.63) is 30.1 Å². The van der Waals surface area contributed by atoms with Gasteiger partial charge in [0, 0.05) is 37.4 Å². The van der Waals surface area contributed by atoms with E-state index in [0.717, 1.165) is 5.56 Å². The van der Waals surface area contributed by atoms with Gasteiger partial charge in [0.2, 0.25) is 5.91 Å². The van der Waals surface area contributed by atoms with Gasteiger partial charge in [0.05, 0.1) is 0 Å². The standard InChI is InChI=1S/C13H21N3O/c1-10(2)16-13(17)6-8-15-11(3)12-5-4-7-14-9-12/h4-5,7,9-11,15H,6,8H2,1-3H3,(H,16,17)/t11-/m1/s1. The summed E-state index contributed by atoms with van der Waals surface area (Å²) < 4.78 is 0. The maximum absolute atomic E-state index is 11.4. The van der Waals surface area contributed by atoms with Crippen LogP contribution >= 0.6 is 0 Å². The SMILES string of the molecule is CC(C)NC(=O)CCN[C@H](C)c1cccnc1. The Hall–Kier alpha value is -1.42. The van der Waals surface area contributed by atoms with Gasteiger partial charge in [-0.2, -0.15) is 0 Å². The molecular weight excluding hydrogens is 214 g/mol. The fraction of sp³-hybridized carbons (Fsp3) is 0.538. The number of pyridine rings is 1. The van der Waals surface area contributed by atoms with E-state index in [1.54, 1.807) is 6.20 Å². The predicted octanol–water partition coefficient (Wildman–Crippen LogP) is 1.65. The van der Waals surface area contributed by atoms with Crippen molar-refractivity contribution in [1.29, 1.82) is 0 Å². The zero-order valence-electron chi connectivity index (χ0n) is 10.7. The Morgan fingerprint density at radius 2 is 2.18 bits per heavy atom. The van der Waals surface area contributed by atoms with E-state index >= 15 is 0 Å². The Labute approximate surface area is 103 Å². The van der Waals surface area contributed by atoms with E-state index in [1.165, 1.54) is 0 Å². The monoisotopic (exact) mass is 235 g/mol. The predicted molar refractivity (Wildman–Crippen MR) is 68.6 cm³/mol. The van der Waals surface area contributed by atoms with Gasteiger partial charge >= 0.3 is 0 Å². The Morgan fingerprint density at radius 1 is 1.41 bits per heavy atom. The largest absolute Gasteiger partial charge is 0.354 e. The summed E-state index contributed by atoms with van der Waals surface area (Å²) in [7, 11) is 0. The summed E-state index contributed by atoms with van der Waals surface area (Å²) in [5.41, 5.74) is 1.14. The highest BCUT2D eigenvalue weighted by molar-refractivity contribution is 5.76. The second-order valence-electron chi connectivity index (χ2n) is 4.43. The molecule has 1 amide bonds. The van der Waals surface area contributed by atoms with Crippen LogP contribution in [0, 0.1) is 0 Å². The molecule has 0 fully saturated rings. The molecule has 0 saturated carbocycles. The van der Waals surface area contributed by atoms with Gasteiger partial charge in [-0.3, -0.25) is 9.78 Å². The number of rotatable bonds is 6. The van der Waals surface area contributed by atoms with Crippen LogP contribution in [0.3, 0.4) is 0 Å². The molecule has 0 saturated heterocycles. The quantitative estimate of drug-likeness (QED) is 0.788. The van der Waals surface area contributed by atoms with E-state index in [4.69, 9.17) is 0 Å². The third kappa shape index (κ3) is 5.45. The zero-order valence-corrected chi connectivity index (χ0v) is 10.7. The number of nitrogens with zero attached hydrogens (tertiary/aromatic N) is 1. The molecule has 0 unspecified atom stereocenters. The molecule has 0 radical (unpaired) electrons. The summed E-state index contributed by atoms with van der Waals surface area (Å²) in [5, 5.41) is 6.17. The molecule has 0 aromatic carbocycles. The molecule has 2 N–H and O–H groups in total. The number of carbonyl (C=O) groups excluding carboxylic acids is 1. The number of nitrogens with one attached hydrogen (secondary N) is 2. The van der Waals surface area contributed by atoms with Crippen molar-refractivity contribution < 1.29 is 4.79 Å². The van der Waals surface area contributed by atoms with Crippen molar-refractivity contribution >= 4 is 5.91 Å². The second kappa shape index (κ2) is 7.01. The van der Waals surface area contributed by atoms with Gasteiger partial charge in [0.25, 0.3) is 0 Å². The lowest BCUT2D eigenvalue weighted by atomic mass is 10.1. The van der Waals surface area contributed by atoms with E-state index in [2.05, 4.69) is 22.5 Å². The van der Waals surface area contributed by atoms with Crippen LogP contribution in [-0.4, -0.2) is 23.5 Å². The lowest BCUT2D eigenvalue weighted by molar-refractivity contribution is -0.121. The van der Waals surface area contributed by atoms with Crippen molar-refractivity contribution in [1.82, 2.24) is 15.6 Å². The first-order valence-corrected chi connectivity index (χ1v) is 6.02. The average Bonchev–Trinajstić information content (AvgIpc) is 2.29. The van der Waals surface area contributed by atoms with Crippen LogP contribution in [0.4, 0.5) is 0 Å². The van der Waals surface area contributed by atoms with Crippen molar-refractivity contribution in [2.75, 3.05) is 6.54 Å². The van der Waals surface area contributed by atoms with E-state index in [-0.39, 0.29) is 18.0 Å². The van der Waals surface area contributed by atoms with E-state index in [0.29, 0.717) is 13.0 Å². The first kappa shape index (κ1) is 13.6. The molecule has 4 heteroatoms. The number of amides is 1. The molecular formula is C13H21N3O. The molecule has 1 aromatic heterocycles. The Balaban J connectivity index is 2.25. The summed E-state index contributed by atoms with van der Waals surface area (Å²) in [4.78, 5) is 15.5. The number of hydrogen-bond acceptors (Lipinski definition) is 3. The van der Waals surface area contributed by atoms with E-state index < -0.39 is 0 Å². The van der Waals surface area contributed by atoms with Crippen molar-refractivity contribution in [3.63, 3.8) is 0 Å². The number of hydrogen-bond donors (Lipinski definition) is 2. The van der Waals surface area contributed by atoms with Crippen LogP contribution in [0.25, 0.3) is 0 Å². The molecule has 1 atom stereocenters. The third-order valence-electron chi connectivity index (χ3n) is 2.44. The van der Waals surface area contributed by atoms with Crippen LogP contribution in [0.5, 0.6) is 0 Å². The molecule has 1 heterocycles. The summed E-state index contributed by atoms with van der Waals surface area (Å²) in [6.07, 6.45) is 4.10. The molecule has 0 spiro atoms. The Morgan fingerprint density at radius 3 is 2.76 bits per heavy atom. The first-order valence-electron chi connectivity index (χ1n) is 6.02. The molecule has 17 heavy (non-hydrogen) atoms. The molecule has 0 bridgehead atoms. The molecule has 0 aliphatic rings. The zero-order chi connectivity index (χ0) is 12.7. The summed E-state index contributed by atoms with van der Waals surface area (Å²) in [5.74, 6) is 0.0888. The maximum atomic E-state index is 11.4. The van der Waals surface area contributed by atoms with Crippen molar-refractivity contribution in [3.8, 4) is 0 Å². The highest BCUT2D eigenvalue weighted by Crippen LogP contribution is 2.09. The molecule has 0 aliphatic carbocycles. The van der Waals surface area contributed by atoms with Gasteiger partial charge in [-0.15, -0.1) is 0 Å². The fourth-order valence-electron chi connectivity index (χ4n) is 1.55. The lowest BCUT2D eigenvalue weighted by Gasteiger charge is -2.14. The lowest BCUT2D eigenvalue weighted by Crippen LogP contribution is -2.33. The summed E-state index contributed by atoms with van der Waals surface area (Å²) >= 11 is 0. The fourth-order valence-corrected chi connectivity index (χ4v) is 1.55. The van der Waals surface area contributed by atoms with E-state index in [9.17, 15) is 4.79 Å². The normalized spacial score (nSPS) is 12.5. The molecule has 1 aromatic rings. The van der Waals surface area contributed by atoms with Crippen LogP contribution < -0.4 is 10.6 Å². The van der Waals surface area contributed by atoms with Crippen LogP contribution in [0.15, 0.2) is 24.5 Å². The second-order valence-corrected chi connectivity index (χ2v) is 4.43. The minimum atomic E-state index is 0.0888. The van der Waals surface area contributed by atoms with Crippen LogP contribution in [0.1, 0.15) is 38.8 Å². The van der Waals surface area contributed by atoms with Gasteiger partial charge < -0.3 is 10.6 Å². The Bertz CT molecular complexity index is 338. The van der Waals surface area contributed by atoms with E-state index in [1.807, 2.05) is 32.2 Å². The third-order valence-corrected chi connectivity index (χ3v) is 2.44. The first-order chi connectivity index (χ1) is 8.09. The Kier molecular flexibility index (Phi) is 5.63. The van der Waals surface area contributed by atoms with Crippen LogP contribution in [-0.2, 0) is 4.79 Å². The van der Waals surface area contributed by atoms with Gasteiger partial charge in [-0.25, -0.2) is 0 Å². The smallest absolute Gasteiger partial charge is 0.221 e. The highest BCUT2D eigenvalue weighted by Gasteiger charge is 2.06. The maximum Gasteiger partial charge on any atom is 0.221 e. The average molecular weight is 235 g/mol. The van der Waals surface area contributed by atoms with Gasteiger partial charge in [-0.1, -0.05) is 6.07 Å². The van der Waals surface area contributed by atoms with Gasteiger partial charge in [0.15, 0.2) is 0 Å². The van der Waals surface area contributed by atoms with Crippen molar-refractivity contribution in [2.45, 2.75) is 39.3 Å². The minimum Gasteiger partial charge on any atom is -0.354 e. The molecule has 94 valence electrons. The summed E-state index contributed by atoms with van der Waals surface area (Å²) in [6.45, 7) is 6.67. The van der Waals surface area contributed by atoms with Crippen molar-refractivity contribution in [2.24, 2.45) is 0 Å². The molecule has 1 rings (SSSR count). The van der Waals surface area contributed by atoms with Gasteiger partial charge in [-0.05, 0) is 32.4 Å². The topological polar surface area (TPSA) is 54.0 Å². The molecule has 0 aliphatic heterocycles. The van der Waals surface area contributed by atoms with Gasteiger partial charge in [0.1, 0.15) is 0 Å².